The Labute approximate surface area is 150 Å². The monoisotopic (exact) mass is 337 g/mol. The van der Waals surface area contributed by atoms with E-state index in [1.807, 2.05) is 25.4 Å². The first-order valence-electron chi connectivity index (χ1n) is 9.47. The Morgan fingerprint density at radius 2 is 1.84 bits per heavy atom. The molecule has 5 nitrogen and oxygen atoms in total. The summed E-state index contributed by atoms with van der Waals surface area (Å²) in [6, 6.07) is 4.61. The van der Waals surface area contributed by atoms with Crippen molar-refractivity contribution in [2.45, 2.75) is 45.6 Å². The predicted octanol–water partition coefficient (Wildman–Crippen LogP) is 2.94. The summed E-state index contributed by atoms with van der Waals surface area (Å²) in [4.78, 5) is 18.8. The van der Waals surface area contributed by atoms with Crippen LogP contribution >= 0.6 is 0 Å². The lowest BCUT2D eigenvalue weighted by Gasteiger charge is -2.39. The van der Waals surface area contributed by atoms with Gasteiger partial charge in [0.25, 0.3) is 0 Å². The van der Waals surface area contributed by atoms with Crippen LogP contribution in [-0.4, -0.2) is 46.0 Å². The Hall–Kier alpha value is -2.01. The van der Waals surface area contributed by atoms with E-state index in [4.69, 9.17) is 9.97 Å². The number of hydrogen-bond acceptors (Lipinski definition) is 5. The van der Waals surface area contributed by atoms with Crippen molar-refractivity contribution in [1.82, 2.24) is 19.9 Å². The lowest BCUT2D eigenvalue weighted by Crippen LogP contribution is -2.48. The number of pyridine rings is 1. The number of rotatable bonds is 3. The average molecular weight is 337 g/mol. The van der Waals surface area contributed by atoms with Crippen molar-refractivity contribution < 1.29 is 0 Å². The van der Waals surface area contributed by atoms with Crippen LogP contribution < -0.4 is 4.90 Å². The minimum atomic E-state index is 0.414. The topological polar surface area (TPSA) is 45.2 Å². The Kier molecular flexibility index (Phi) is 4.66. The van der Waals surface area contributed by atoms with Gasteiger partial charge >= 0.3 is 0 Å². The van der Waals surface area contributed by atoms with E-state index in [0.717, 1.165) is 44.8 Å². The molecule has 3 heterocycles. The van der Waals surface area contributed by atoms with Gasteiger partial charge in [0, 0.05) is 55.9 Å². The molecule has 1 aliphatic carbocycles. The van der Waals surface area contributed by atoms with Gasteiger partial charge in [-0.2, -0.15) is 0 Å². The quantitative estimate of drug-likeness (QED) is 0.862. The third-order valence-corrected chi connectivity index (χ3v) is 5.60. The van der Waals surface area contributed by atoms with Gasteiger partial charge in [0.2, 0.25) is 0 Å². The smallest absolute Gasteiger partial charge is 0.135 e. The highest BCUT2D eigenvalue weighted by atomic mass is 15.3. The van der Waals surface area contributed by atoms with E-state index < -0.39 is 0 Å². The number of fused-ring (bicyclic) bond motifs is 1. The van der Waals surface area contributed by atoms with Gasteiger partial charge in [-0.25, -0.2) is 9.97 Å². The first kappa shape index (κ1) is 16.5. The zero-order valence-corrected chi connectivity index (χ0v) is 15.3. The third kappa shape index (κ3) is 3.38. The van der Waals surface area contributed by atoms with Crippen LogP contribution in [0.2, 0.25) is 0 Å². The van der Waals surface area contributed by atoms with Crippen molar-refractivity contribution in [2.24, 2.45) is 0 Å². The number of aromatic nitrogens is 3. The van der Waals surface area contributed by atoms with E-state index >= 15 is 0 Å². The summed E-state index contributed by atoms with van der Waals surface area (Å²) in [5.41, 5.74) is 4.00. The molecule has 132 valence electrons. The van der Waals surface area contributed by atoms with Crippen LogP contribution in [0.3, 0.4) is 0 Å². The molecule has 0 N–H and O–H groups in total. The fraction of sp³-hybridized carbons (Fsp3) is 0.550. The maximum Gasteiger partial charge on any atom is 0.135 e. The highest BCUT2D eigenvalue weighted by Crippen LogP contribution is 2.29. The lowest BCUT2D eigenvalue weighted by atomic mass is 9.96. The molecule has 0 spiro atoms. The summed E-state index contributed by atoms with van der Waals surface area (Å²) in [6.07, 6.45) is 8.61. The molecular formula is C20H27N5. The van der Waals surface area contributed by atoms with Crippen LogP contribution in [0, 0.1) is 6.92 Å². The van der Waals surface area contributed by atoms with Gasteiger partial charge in [0.1, 0.15) is 11.6 Å². The van der Waals surface area contributed by atoms with Crippen LogP contribution in [0.5, 0.6) is 0 Å². The molecule has 2 aromatic rings. The molecular weight excluding hydrogens is 310 g/mol. The van der Waals surface area contributed by atoms with Gasteiger partial charge in [-0.1, -0.05) is 6.07 Å². The van der Waals surface area contributed by atoms with Crippen molar-refractivity contribution in [3.8, 4) is 0 Å². The minimum Gasteiger partial charge on any atom is -0.354 e. The molecule has 0 amide bonds. The number of nitrogens with zero attached hydrogens (tertiary/aromatic N) is 5. The maximum absolute atomic E-state index is 4.82. The molecule has 0 radical (unpaired) electrons. The summed E-state index contributed by atoms with van der Waals surface area (Å²) in [7, 11) is 0. The summed E-state index contributed by atoms with van der Waals surface area (Å²) >= 11 is 0. The zero-order chi connectivity index (χ0) is 17.2. The summed E-state index contributed by atoms with van der Waals surface area (Å²) < 4.78 is 0. The summed E-state index contributed by atoms with van der Waals surface area (Å²) in [5, 5.41) is 0. The van der Waals surface area contributed by atoms with Crippen molar-refractivity contribution >= 4 is 5.82 Å². The Morgan fingerprint density at radius 3 is 2.60 bits per heavy atom. The SMILES string of the molecule is Cc1nc2c(c(N3CCN(C(C)c4cccnc4)CC3)n1)CCCC2. The van der Waals surface area contributed by atoms with E-state index in [-0.39, 0.29) is 0 Å². The molecule has 0 bridgehead atoms. The number of anilines is 1. The zero-order valence-electron chi connectivity index (χ0n) is 15.3. The van der Waals surface area contributed by atoms with Crippen LogP contribution in [0.15, 0.2) is 24.5 Å². The van der Waals surface area contributed by atoms with Gasteiger partial charge in [-0.15, -0.1) is 0 Å². The molecule has 2 aliphatic rings. The molecule has 0 saturated carbocycles. The molecule has 1 atom stereocenters. The van der Waals surface area contributed by atoms with Crippen LogP contribution in [0.4, 0.5) is 5.82 Å². The van der Waals surface area contributed by atoms with Crippen molar-refractivity contribution in [3.05, 3.63) is 47.2 Å². The van der Waals surface area contributed by atoms with E-state index in [9.17, 15) is 0 Å². The number of hydrogen-bond donors (Lipinski definition) is 0. The van der Waals surface area contributed by atoms with Crippen LogP contribution in [0.25, 0.3) is 0 Å². The predicted molar refractivity (Wildman–Crippen MR) is 99.8 cm³/mol. The van der Waals surface area contributed by atoms with E-state index in [0.29, 0.717) is 6.04 Å². The Balaban J connectivity index is 1.48. The van der Waals surface area contributed by atoms with Gasteiger partial charge in [0.15, 0.2) is 0 Å². The summed E-state index contributed by atoms with van der Waals surface area (Å²) in [6.45, 7) is 8.51. The largest absolute Gasteiger partial charge is 0.354 e. The fourth-order valence-corrected chi connectivity index (χ4v) is 4.11. The third-order valence-electron chi connectivity index (χ3n) is 5.60. The van der Waals surface area contributed by atoms with Gasteiger partial charge in [-0.3, -0.25) is 9.88 Å². The highest BCUT2D eigenvalue weighted by Gasteiger charge is 2.26. The van der Waals surface area contributed by atoms with Gasteiger partial charge in [-0.05, 0) is 51.2 Å². The molecule has 25 heavy (non-hydrogen) atoms. The van der Waals surface area contributed by atoms with Crippen LogP contribution in [-0.2, 0) is 12.8 Å². The van der Waals surface area contributed by atoms with Crippen molar-refractivity contribution in [2.75, 3.05) is 31.1 Å². The molecule has 1 unspecified atom stereocenters. The molecule has 1 fully saturated rings. The minimum absolute atomic E-state index is 0.414. The maximum atomic E-state index is 4.82. The first-order valence-corrected chi connectivity index (χ1v) is 9.47. The second-order valence-electron chi connectivity index (χ2n) is 7.21. The Morgan fingerprint density at radius 1 is 1.04 bits per heavy atom. The lowest BCUT2D eigenvalue weighted by molar-refractivity contribution is 0.197. The second-order valence-corrected chi connectivity index (χ2v) is 7.21. The number of aryl methyl sites for hydroxylation is 2. The molecule has 0 aromatic carbocycles. The van der Waals surface area contributed by atoms with E-state index in [1.165, 1.54) is 35.5 Å². The molecule has 2 aromatic heterocycles. The van der Waals surface area contributed by atoms with E-state index in [1.54, 1.807) is 0 Å². The highest BCUT2D eigenvalue weighted by molar-refractivity contribution is 5.50. The standard InChI is InChI=1S/C20H27N5/c1-15(17-6-5-9-21-14-17)24-10-12-25(13-11-24)20-18-7-3-4-8-19(18)22-16(2)23-20/h5-6,9,14-15H,3-4,7-8,10-13H2,1-2H3. The van der Waals surface area contributed by atoms with Crippen molar-refractivity contribution in [1.29, 1.82) is 0 Å². The molecule has 4 rings (SSSR count). The average Bonchev–Trinajstić information content (AvgIpc) is 2.67. The normalized spacial score (nSPS) is 19.5. The van der Waals surface area contributed by atoms with E-state index in [2.05, 4.69) is 27.8 Å². The Bertz CT molecular complexity index is 722. The molecule has 1 saturated heterocycles. The van der Waals surface area contributed by atoms with Gasteiger partial charge in [0.05, 0.1) is 0 Å². The molecule has 1 aliphatic heterocycles. The van der Waals surface area contributed by atoms with Gasteiger partial charge < -0.3 is 4.90 Å². The summed E-state index contributed by atoms with van der Waals surface area (Å²) in [5.74, 6) is 2.12. The fourth-order valence-electron chi connectivity index (χ4n) is 4.11. The molecule has 5 heteroatoms. The van der Waals surface area contributed by atoms with Crippen LogP contribution in [0.1, 0.15) is 48.5 Å². The first-order chi connectivity index (χ1) is 12.2. The van der Waals surface area contributed by atoms with Crippen molar-refractivity contribution in [3.63, 3.8) is 0 Å². The number of piperazine rings is 1. The second kappa shape index (κ2) is 7.08.